The zero-order chi connectivity index (χ0) is 13.7. The van der Waals surface area contributed by atoms with E-state index < -0.39 is 0 Å². The monoisotopic (exact) mass is 306 g/mol. The Balaban J connectivity index is 1.54. The number of halogens is 2. The summed E-state index contributed by atoms with van der Waals surface area (Å²) in [5.74, 6) is 3.12. The van der Waals surface area contributed by atoms with E-state index in [-0.39, 0.29) is 5.88 Å². The first kappa shape index (κ1) is 12.4. The van der Waals surface area contributed by atoms with Gasteiger partial charge in [0.05, 0.1) is 0 Å². The van der Waals surface area contributed by atoms with Crippen LogP contribution in [0.25, 0.3) is 5.57 Å². The number of alkyl halides is 1. The lowest BCUT2D eigenvalue weighted by Gasteiger charge is -2.05. The van der Waals surface area contributed by atoms with E-state index in [2.05, 4.69) is 22.3 Å². The van der Waals surface area contributed by atoms with E-state index in [0.29, 0.717) is 23.6 Å². The van der Waals surface area contributed by atoms with Crippen LogP contribution in [0, 0.1) is 11.8 Å². The number of allylic oxidation sites excluding steroid dienone is 2. The first-order valence-electron chi connectivity index (χ1n) is 6.61. The van der Waals surface area contributed by atoms with Crippen LogP contribution in [0.2, 0.25) is 5.02 Å². The van der Waals surface area contributed by atoms with E-state index in [4.69, 9.17) is 27.7 Å². The van der Waals surface area contributed by atoms with Crippen molar-refractivity contribution in [1.82, 2.24) is 10.1 Å². The molecule has 1 fully saturated rings. The second kappa shape index (κ2) is 4.61. The van der Waals surface area contributed by atoms with Crippen LogP contribution in [0.15, 0.2) is 34.9 Å². The van der Waals surface area contributed by atoms with Gasteiger partial charge in [-0.05, 0) is 41.5 Å². The van der Waals surface area contributed by atoms with Crippen LogP contribution in [0.1, 0.15) is 29.6 Å². The van der Waals surface area contributed by atoms with Crippen molar-refractivity contribution >= 4 is 28.8 Å². The molecule has 0 radical (unpaired) electrons. The van der Waals surface area contributed by atoms with Gasteiger partial charge in [-0.15, -0.1) is 11.6 Å². The van der Waals surface area contributed by atoms with Gasteiger partial charge in [0, 0.05) is 10.9 Å². The third-order valence-corrected chi connectivity index (χ3v) is 4.63. The van der Waals surface area contributed by atoms with Gasteiger partial charge in [0.2, 0.25) is 5.89 Å². The predicted octanol–water partition coefficient (Wildman–Crippen LogP) is 4.28. The maximum Gasteiger partial charge on any atom is 0.241 e. The van der Waals surface area contributed by atoms with Gasteiger partial charge in [-0.25, -0.2) is 0 Å². The van der Waals surface area contributed by atoms with Crippen LogP contribution in [-0.4, -0.2) is 10.1 Å². The summed E-state index contributed by atoms with van der Waals surface area (Å²) in [5.41, 5.74) is 2.60. The fourth-order valence-electron chi connectivity index (χ4n) is 3.17. The molecular formula is C15H12Cl2N2O. The molecule has 1 saturated carbocycles. The molecule has 0 saturated heterocycles. The Labute approximate surface area is 126 Å². The van der Waals surface area contributed by atoms with Crippen molar-refractivity contribution in [2.45, 2.75) is 18.2 Å². The Bertz CT molecular complexity index is 695. The van der Waals surface area contributed by atoms with E-state index in [1.165, 1.54) is 11.1 Å². The molecule has 1 aromatic carbocycles. The summed E-state index contributed by atoms with van der Waals surface area (Å²) in [4.78, 5) is 4.33. The van der Waals surface area contributed by atoms with Gasteiger partial charge in [0.15, 0.2) is 5.82 Å². The molecule has 102 valence electrons. The minimum Gasteiger partial charge on any atom is -0.338 e. The van der Waals surface area contributed by atoms with E-state index >= 15 is 0 Å². The Kier molecular flexibility index (Phi) is 2.86. The third kappa shape index (κ3) is 1.97. The van der Waals surface area contributed by atoms with E-state index in [1.54, 1.807) is 0 Å². The van der Waals surface area contributed by atoms with Gasteiger partial charge in [-0.1, -0.05) is 35.0 Å². The van der Waals surface area contributed by atoms with Crippen LogP contribution in [0.3, 0.4) is 0 Å². The zero-order valence-electron chi connectivity index (χ0n) is 10.6. The number of fused-ring (bicyclic) bond motifs is 1. The summed E-state index contributed by atoms with van der Waals surface area (Å²) >= 11 is 11.7. The lowest BCUT2D eigenvalue weighted by atomic mass is 10.0. The van der Waals surface area contributed by atoms with Gasteiger partial charge < -0.3 is 4.52 Å². The Morgan fingerprint density at radius 3 is 2.90 bits per heavy atom. The van der Waals surface area contributed by atoms with Crippen molar-refractivity contribution in [3.8, 4) is 0 Å². The van der Waals surface area contributed by atoms with Gasteiger partial charge in [-0.2, -0.15) is 4.98 Å². The Morgan fingerprint density at radius 1 is 1.35 bits per heavy atom. The molecule has 0 bridgehead atoms. The molecule has 2 aliphatic carbocycles. The van der Waals surface area contributed by atoms with Gasteiger partial charge in [0.25, 0.3) is 0 Å². The quantitative estimate of drug-likeness (QED) is 0.795. The van der Waals surface area contributed by atoms with Gasteiger partial charge >= 0.3 is 0 Å². The highest BCUT2D eigenvalue weighted by Crippen LogP contribution is 2.62. The second-order valence-electron chi connectivity index (χ2n) is 5.35. The molecule has 3 unspecified atom stereocenters. The fourth-order valence-corrected chi connectivity index (χ4v) is 3.47. The number of aromatic nitrogens is 2. The van der Waals surface area contributed by atoms with Crippen molar-refractivity contribution in [3.63, 3.8) is 0 Å². The molecule has 3 nitrogen and oxygen atoms in total. The largest absolute Gasteiger partial charge is 0.338 e. The summed E-state index contributed by atoms with van der Waals surface area (Å²) < 4.78 is 5.08. The van der Waals surface area contributed by atoms with Gasteiger partial charge in [0.1, 0.15) is 5.88 Å². The maximum atomic E-state index is 6.04. The van der Waals surface area contributed by atoms with Gasteiger partial charge in [-0.3, -0.25) is 0 Å². The van der Waals surface area contributed by atoms with Crippen molar-refractivity contribution in [3.05, 3.63) is 52.6 Å². The highest BCUT2D eigenvalue weighted by Gasteiger charge is 2.55. The lowest BCUT2D eigenvalue weighted by Crippen LogP contribution is -1.92. The van der Waals surface area contributed by atoms with Crippen LogP contribution in [-0.2, 0) is 5.88 Å². The summed E-state index contributed by atoms with van der Waals surface area (Å²) in [6.45, 7) is 0. The second-order valence-corrected chi connectivity index (χ2v) is 6.06. The zero-order valence-corrected chi connectivity index (χ0v) is 12.1. The van der Waals surface area contributed by atoms with Crippen LogP contribution in [0.4, 0.5) is 0 Å². The average Bonchev–Trinajstić information content (AvgIpc) is 2.87. The fraction of sp³-hybridized carbons (Fsp3) is 0.333. The highest BCUT2D eigenvalue weighted by atomic mass is 35.5. The SMILES string of the molecule is ClCc1nc(C2C3C=C(c4cccc(Cl)c4)CC32)no1. The molecule has 0 N–H and O–H groups in total. The first-order chi connectivity index (χ1) is 9.76. The number of rotatable bonds is 3. The molecule has 0 amide bonds. The van der Waals surface area contributed by atoms with Crippen molar-refractivity contribution in [2.75, 3.05) is 0 Å². The number of hydrogen-bond acceptors (Lipinski definition) is 3. The molecule has 1 aromatic heterocycles. The molecule has 0 aliphatic heterocycles. The predicted molar refractivity (Wildman–Crippen MR) is 77.6 cm³/mol. The Hall–Kier alpha value is -1.32. The van der Waals surface area contributed by atoms with E-state index in [0.717, 1.165) is 17.3 Å². The minimum absolute atomic E-state index is 0.276. The summed E-state index contributed by atoms with van der Waals surface area (Å²) in [7, 11) is 0. The molecule has 1 heterocycles. The normalized spacial score (nSPS) is 27.3. The minimum atomic E-state index is 0.276. The average molecular weight is 307 g/mol. The topological polar surface area (TPSA) is 38.9 Å². The van der Waals surface area contributed by atoms with Crippen LogP contribution >= 0.6 is 23.2 Å². The van der Waals surface area contributed by atoms with E-state index in [1.807, 2.05) is 18.2 Å². The van der Waals surface area contributed by atoms with Crippen molar-refractivity contribution < 1.29 is 4.52 Å². The third-order valence-electron chi connectivity index (χ3n) is 4.17. The van der Waals surface area contributed by atoms with Crippen molar-refractivity contribution in [1.29, 1.82) is 0 Å². The smallest absolute Gasteiger partial charge is 0.241 e. The van der Waals surface area contributed by atoms with Crippen LogP contribution < -0.4 is 0 Å². The molecule has 3 atom stereocenters. The molecular weight excluding hydrogens is 295 g/mol. The molecule has 5 heteroatoms. The standard InChI is InChI=1S/C15H12Cl2N2O/c16-7-13-18-15(19-20-13)14-11-5-9(6-12(11)14)8-2-1-3-10(17)4-8/h1-5,11-12,14H,6-7H2. The van der Waals surface area contributed by atoms with E-state index in [9.17, 15) is 0 Å². The highest BCUT2D eigenvalue weighted by molar-refractivity contribution is 6.30. The first-order valence-corrected chi connectivity index (χ1v) is 7.52. The number of nitrogens with zero attached hydrogens (tertiary/aromatic N) is 2. The van der Waals surface area contributed by atoms with Crippen LogP contribution in [0.5, 0.6) is 0 Å². The molecule has 2 aromatic rings. The number of hydrogen-bond donors (Lipinski definition) is 0. The maximum absolute atomic E-state index is 6.04. The molecule has 0 spiro atoms. The summed E-state index contributed by atoms with van der Waals surface area (Å²) in [5, 5.41) is 4.81. The molecule has 4 rings (SSSR count). The lowest BCUT2D eigenvalue weighted by molar-refractivity contribution is 0.383. The molecule has 20 heavy (non-hydrogen) atoms. The summed E-state index contributed by atoms with van der Waals surface area (Å²) in [6, 6.07) is 8.02. The summed E-state index contributed by atoms with van der Waals surface area (Å²) in [6.07, 6.45) is 3.39. The Morgan fingerprint density at radius 2 is 2.25 bits per heavy atom. The number of benzene rings is 1. The molecule has 2 aliphatic rings. The van der Waals surface area contributed by atoms with Crippen molar-refractivity contribution in [2.24, 2.45) is 11.8 Å².